The Labute approximate surface area is 298 Å². The predicted molar refractivity (Wildman–Crippen MR) is 192 cm³/mol. The number of carbonyl (C=O) groups excluding carboxylic acids is 2. The molecule has 0 radical (unpaired) electrons. The molecule has 0 bridgehead atoms. The van der Waals surface area contributed by atoms with Crippen LogP contribution in [0.15, 0.2) is 0 Å². The molecule has 0 aromatic heterocycles. The summed E-state index contributed by atoms with van der Waals surface area (Å²) in [4.78, 5) is 25.1. The third-order valence-electron chi connectivity index (χ3n) is 9.49. The van der Waals surface area contributed by atoms with Crippen molar-refractivity contribution in [3.63, 3.8) is 0 Å². The van der Waals surface area contributed by atoms with Crippen LogP contribution in [-0.2, 0) is 28.5 Å². The van der Waals surface area contributed by atoms with Gasteiger partial charge in [0.1, 0.15) is 31.0 Å². The molecule has 1 fully saturated rings. The minimum absolute atomic E-state index is 0.210. The van der Waals surface area contributed by atoms with Gasteiger partial charge < -0.3 is 39.4 Å². The Bertz CT molecular complexity index is 779. The average molecular weight is 703 g/mol. The first-order valence-corrected chi connectivity index (χ1v) is 20.1. The van der Waals surface area contributed by atoms with Gasteiger partial charge in [-0.15, -0.1) is 0 Å². The van der Waals surface area contributed by atoms with Gasteiger partial charge in [-0.25, -0.2) is 0 Å². The average Bonchev–Trinajstić information content (AvgIpc) is 3.10. The molecule has 49 heavy (non-hydrogen) atoms. The Hall–Kier alpha value is -1.30. The Kier molecular flexibility index (Phi) is 29.3. The van der Waals surface area contributed by atoms with E-state index in [4.69, 9.17) is 18.9 Å². The number of carbonyl (C=O) groups is 2. The van der Waals surface area contributed by atoms with Gasteiger partial charge in [-0.2, -0.15) is 0 Å². The van der Waals surface area contributed by atoms with E-state index in [0.717, 1.165) is 38.5 Å². The standard InChI is InChI=1S/C39H74O10/c1-3-5-7-9-11-13-14-15-16-17-18-20-22-24-26-28-35(42)48-32(31-47-39-38(45)37(44)36(43)33(29-40)49-39)30-46-34(41)27-25-23-21-19-12-10-8-6-4-2/h32-33,36-40,43-45H,3-31H2,1-2H3. The van der Waals surface area contributed by atoms with Crippen LogP contribution in [0.2, 0.25) is 0 Å². The maximum Gasteiger partial charge on any atom is 0.306 e. The molecule has 0 spiro atoms. The van der Waals surface area contributed by atoms with Crippen LogP contribution in [0.1, 0.15) is 181 Å². The first-order chi connectivity index (χ1) is 23.8. The van der Waals surface area contributed by atoms with Gasteiger partial charge in [0.2, 0.25) is 0 Å². The lowest BCUT2D eigenvalue weighted by molar-refractivity contribution is -0.305. The molecule has 10 heteroatoms. The van der Waals surface area contributed by atoms with E-state index in [1.54, 1.807) is 0 Å². The van der Waals surface area contributed by atoms with Gasteiger partial charge in [-0.1, -0.05) is 155 Å². The third kappa shape index (κ3) is 23.7. The van der Waals surface area contributed by atoms with E-state index >= 15 is 0 Å². The molecule has 0 aliphatic carbocycles. The maximum absolute atomic E-state index is 12.7. The number of esters is 2. The minimum Gasteiger partial charge on any atom is -0.462 e. The lowest BCUT2D eigenvalue weighted by atomic mass is 9.99. The number of aliphatic hydroxyl groups is 4. The SMILES string of the molecule is CCCCCCCCCCCCCCCCCC(=O)OC(COC(=O)CCCCCCCCCCC)COC1OC(CO)C(O)C(O)C1O. The Morgan fingerprint density at radius 2 is 0.959 bits per heavy atom. The number of hydrogen-bond acceptors (Lipinski definition) is 10. The van der Waals surface area contributed by atoms with Crippen molar-refractivity contribution in [1.29, 1.82) is 0 Å². The fraction of sp³-hybridized carbons (Fsp3) is 0.949. The van der Waals surface area contributed by atoms with Crippen LogP contribution in [-0.4, -0.2) is 89.0 Å². The minimum atomic E-state index is -1.59. The van der Waals surface area contributed by atoms with Gasteiger partial charge in [0.15, 0.2) is 12.4 Å². The quantitative estimate of drug-likeness (QED) is 0.0401. The van der Waals surface area contributed by atoms with Crippen molar-refractivity contribution in [3.8, 4) is 0 Å². The first-order valence-electron chi connectivity index (χ1n) is 20.1. The molecule has 6 atom stereocenters. The number of rotatable bonds is 33. The summed E-state index contributed by atoms with van der Waals surface area (Å²) in [5, 5.41) is 39.9. The zero-order valence-electron chi connectivity index (χ0n) is 31.2. The lowest BCUT2D eigenvalue weighted by Crippen LogP contribution is -2.59. The van der Waals surface area contributed by atoms with Gasteiger partial charge in [0, 0.05) is 12.8 Å². The molecule has 10 nitrogen and oxygen atoms in total. The van der Waals surface area contributed by atoms with Gasteiger partial charge in [0.25, 0.3) is 0 Å². The fourth-order valence-electron chi connectivity index (χ4n) is 6.25. The van der Waals surface area contributed by atoms with Crippen LogP contribution >= 0.6 is 0 Å². The zero-order chi connectivity index (χ0) is 36.0. The second-order valence-corrected chi connectivity index (χ2v) is 14.1. The molecule has 0 saturated carbocycles. The molecule has 1 aliphatic rings. The zero-order valence-corrected chi connectivity index (χ0v) is 31.2. The highest BCUT2D eigenvalue weighted by atomic mass is 16.7. The highest BCUT2D eigenvalue weighted by Crippen LogP contribution is 2.22. The summed E-state index contributed by atoms with van der Waals surface area (Å²) in [6, 6.07) is 0. The molecule has 1 heterocycles. The molecule has 1 rings (SSSR count). The second-order valence-electron chi connectivity index (χ2n) is 14.1. The number of ether oxygens (including phenoxy) is 4. The summed E-state index contributed by atoms with van der Waals surface area (Å²) < 4.78 is 22.0. The van der Waals surface area contributed by atoms with E-state index in [9.17, 15) is 30.0 Å². The van der Waals surface area contributed by atoms with Crippen LogP contribution in [0.5, 0.6) is 0 Å². The van der Waals surface area contributed by atoms with Gasteiger partial charge in [-0.3, -0.25) is 9.59 Å². The molecule has 6 unspecified atom stereocenters. The van der Waals surface area contributed by atoms with E-state index in [2.05, 4.69) is 13.8 Å². The molecule has 0 aromatic carbocycles. The predicted octanol–water partition coefficient (Wildman–Crippen LogP) is 7.44. The molecule has 4 N–H and O–H groups in total. The summed E-state index contributed by atoms with van der Waals surface area (Å²) >= 11 is 0. The summed E-state index contributed by atoms with van der Waals surface area (Å²) in [6.45, 7) is 3.40. The van der Waals surface area contributed by atoms with Crippen molar-refractivity contribution in [2.75, 3.05) is 19.8 Å². The first kappa shape index (κ1) is 45.7. The second kappa shape index (κ2) is 31.4. The van der Waals surface area contributed by atoms with Crippen molar-refractivity contribution < 1.29 is 49.0 Å². The summed E-state index contributed by atoms with van der Waals surface area (Å²) in [5.41, 5.74) is 0. The topological polar surface area (TPSA) is 152 Å². The van der Waals surface area contributed by atoms with Gasteiger partial charge in [-0.05, 0) is 12.8 Å². The van der Waals surface area contributed by atoms with Crippen molar-refractivity contribution in [2.45, 2.75) is 218 Å². The van der Waals surface area contributed by atoms with E-state index in [-0.39, 0.29) is 32.0 Å². The summed E-state index contributed by atoms with van der Waals surface area (Å²) in [7, 11) is 0. The molecule has 1 aliphatic heterocycles. The number of aliphatic hydroxyl groups excluding tert-OH is 4. The molecule has 0 amide bonds. The van der Waals surface area contributed by atoms with Crippen LogP contribution in [0.25, 0.3) is 0 Å². The fourth-order valence-corrected chi connectivity index (χ4v) is 6.25. The van der Waals surface area contributed by atoms with Crippen LogP contribution in [0.4, 0.5) is 0 Å². The smallest absolute Gasteiger partial charge is 0.306 e. The molecule has 1 saturated heterocycles. The normalized spacial score (nSPS) is 21.5. The Balaban J connectivity index is 2.35. The highest BCUT2D eigenvalue weighted by molar-refractivity contribution is 5.70. The van der Waals surface area contributed by atoms with E-state index in [0.29, 0.717) is 6.42 Å². The Morgan fingerprint density at radius 3 is 1.39 bits per heavy atom. The molecule has 290 valence electrons. The van der Waals surface area contributed by atoms with Crippen LogP contribution in [0, 0.1) is 0 Å². The monoisotopic (exact) mass is 703 g/mol. The van der Waals surface area contributed by atoms with Crippen molar-refractivity contribution in [2.24, 2.45) is 0 Å². The number of hydrogen-bond donors (Lipinski definition) is 4. The number of unbranched alkanes of at least 4 members (excludes halogenated alkanes) is 22. The van der Waals surface area contributed by atoms with Crippen LogP contribution < -0.4 is 0 Å². The Morgan fingerprint density at radius 1 is 0.551 bits per heavy atom. The van der Waals surface area contributed by atoms with E-state index in [1.165, 1.54) is 109 Å². The van der Waals surface area contributed by atoms with Crippen molar-refractivity contribution >= 4 is 11.9 Å². The van der Waals surface area contributed by atoms with Crippen LogP contribution in [0.3, 0.4) is 0 Å². The highest BCUT2D eigenvalue weighted by Gasteiger charge is 2.44. The third-order valence-corrected chi connectivity index (χ3v) is 9.49. The van der Waals surface area contributed by atoms with Gasteiger partial charge >= 0.3 is 11.9 Å². The summed E-state index contributed by atoms with van der Waals surface area (Å²) in [5.74, 6) is -0.800. The van der Waals surface area contributed by atoms with E-state index < -0.39 is 49.4 Å². The van der Waals surface area contributed by atoms with Gasteiger partial charge in [0.05, 0.1) is 13.2 Å². The van der Waals surface area contributed by atoms with Crippen molar-refractivity contribution in [1.82, 2.24) is 0 Å². The summed E-state index contributed by atoms with van der Waals surface area (Å²) in [6.07, 6.45) is 21.2. The maximum atomic E-state index is 12.7. The molecular formula is C39H74O10. The van der Waals surface area contributed by atoms with E-state index in [1.807, 2.05) is 0 Å². The van der Waals surface area contributed by atoms with Crippen molar-refractivity contribution in [3.05, 3.63) is 0 Å². The molecule has 0 aromatic rings. The molecular weight excluding hydrogens is 628 g/mol. The largest absolute Gasteiger partial charge is 0.462 e. The lowest BCUT2D eigenvalue weighted by Gasteiger charge is -2.39.